The van der Waals surface area contributed by atoms with Crippen LogP contribution in [0.4, 0.5) is 0 Å². The minimum Gasteiger partial charge on any atom is -0.298 e. The summed E-state index contributed by atoms with van der Waals surface area (Å²) in [4.78, 5) is 25.4. The van der Waals surface area contributed by atoms with Crippen molar-refractivity contribution in [2.24, 2.45) is 22.2 Å². The fourth-order valence-corrected chi connectivity index (χ4v) is 4.48. The van der Waals surface area contributed by atoms with E-state index >= 15 is 0 Å². The lowest BCUT2D eigenvalue weighted by atomic mass is 9.67. The van der Waals surface area contributed by atoms with Crippen LogP contribution in [-0.4, -0.2) is 11.6 Å². The highest BCUT2D eigenvalue weighted by molar-refractivity contribution is 6.03. The molecule has 0 aromatic rings. The van der Waals surface area contributed by atoms with Gasteiger partial charge < -0.3 is 0 Å². The normalized spacial score (nSPS) is 37.4. The smallest absolute Gasteiger partial charge is 0.169 e. The largest absolute Gasteiger partial charge is 0.298 e. The molecular formula is C19H24O2. The summed E-state index contributed by atoms with van der Waals surface area (Å²) in [7, 11) is 0. The average Bonchev–Trinajstić information content (AvgIpc) is 2.79. The molecule has 0 saturated heterocycles. The van der Waals surface area contributed by atoms with Crippen molar-refractivity contribution in [3.8, 4) is 0 Å². The van der Waals surface area contributed by atoms with Gasteiger partial charge in [0.05, 0.1) is 5.41 Å². The molecule has 0 spiro atoms. The summed E-state index contributed by atoms with van der Waals surface area (Å²) in [6.07, 6.45) is 12.6. The molecule has 2 nitrogen and oxygen atoms in total. The number of carbonyl (C=O) groups is 2. The summed E-state index contributed by atoms with van der Waals surface area (Å²) in [5.74, 6) is 0.526. The minimum absolute atomic E-state index is 0.0896. The van der Waals surface area contributed by atoms with Crippen LogP contribution in [0.15, 0.2) is 36.0 Å². The van der Waals surface area contributed by atoms with Crippen molar-refractivity contribution in [2.75, 3.05) is 0 Å². The molecule has 2 bridgehead atoms. The first-order valence-electron chi connectivity index (χ1n) is 7.89. The van der Waals surface area contributed by atoms with Crippen molar-refractivity contribution in [3.05, 3.63) is 36.0 Å². The first-order valence-corrected chi connectivity index (χ1v) is 7.89. The van der Waals surface area contributed by atoms with E-state index in [1.165, 1.54) is 0 Å². The molecule has 2 saturated carbocycles. The molecule has 0 radical (unpaired) electrons. The molecule has 2 fully saturated rings. The first-order chi connectivity index (χ1) is 9.72. The molecule has 0 unspecified atom stereocenters. The summed E-state index contributed by atoms with van der Waals surface area (Å²) in [5.41, 5.74) is -0.0990. The minimum atomic E-state index is -0.553. The third-order valence-corrected chi connectivity index (χ3v) is 5.96. The zero-order valence-corrected chi connectivity index (χ0v) is 13.4. The Morgan fingerprint density at radius 1 is 1.19 bits per heavy atom. The predicted octanol–water partition coefficient (Wildman–Crippen LogP) is 4.03. The van der Waals surface area contributed by atoms with Gasteiger partial charge in [0.15, 0.2) is 5.78 Å². The molecule has 0 aliphatic heterocycles. The lowest BCUT2D eigenvalue weighted by Gasteiger charge is -2.35. The third-order valence-electron chi connectivity index (χ3n) is 5.96. The van der Waals surface area contributed by atoms with Gasteiger partial charge in [-0.15, -0.1) is 0 Å². The summed E-state index contributed by atoms with van der Waals surface area (Å²) in [6, 6.07) is 0. The Morgan fingerprint density at radius 3 is 2.33 bits per heavy atom. The number of rotatable bonds is 2. The van der Waals surface area contributed by atoms with E-state index in [-0.39, 0.29) is 17.1 Å². The monoisotopic (exact) mass is 284 g/mol. The van der Waals surface area contributed by atoms with Crippen LogP contribution in [0.25, 0.3) is 0 Å². The van der Waals surface area contributed by atoms with Crippen molar-refractivity contribution in [1.82, 2.24) is 0 Å². The second kappa shape index (κ2) is 4.28. The Kier molecular flexibility index (Phi) is 2.96. The zero-order valence-electron chi connectivity index (χ0n) is 13.4. The van der Waals surface area contributed by atoms with Gasteiger partial charge in [0.2, 0.25) is 0 Å². The molecule has 3 aliphatic carbocycles. The van der Waals surface area contributed by atoms with E-state index in [2.05, 4.69) is 13.8 Å². The van der Waals surface area contributed by atoms with Gasteiger partial charge >= 0.3 is 0 Å². The van der Waals surface area contributed by atoms with E-state index in [1.54, 1.807) is 6.08 Å². The molecule has 0 amide bonds. The van der Waals surface area contributed by atoms with Crippen molar-refractivity contribution in [3.63, 3.8) is 0 Å². The predicted molar refractivity (Wildman–Crippen MR) is 83.7 cm³/mol. The number of allylic oxidation sites excluding steroid dienone is 6. The van der Waals surface area contributed by atoms with Crippen molar-refractivity contribution < 1.29 is 9.59 Å². The highest BCUT2D eigenvalue weighted by atomic mass is 16.1. The molecule has 0 heterocycles. The topological polar surface area (TPSA) is 34.1 Å². The number of Topliss-reactive ketones (excluding diaryl/α,β-unsaturated/α-hetero) is 1. The Morgan fingerprint density at radius 2 is 1.81 bits per heavy atom. The quantitative estimate of drug-likeness (QED) is 0.566. The molecule has 0 aromatic heterocycles. The summed E-state index contributed by atoms with van der Waals surface area (Å²) in [6.45, 7) is 8.21. The van der Waals surface area contributed by atoms with Gasteiger partial charge in [-0.2, -0.15) is 0 Å². The number of fused-ring (bicyclic) bond motifs is 2. The maximum Gasteiger partial charge on any atom is 0.169 e. The number of ketones is 2. The van der Waals surface area contributed by atoms with E-state index in [0.717, 1.165) is 24.8 Å². The molecule has 112 valence electrons. The van der Waals surface area contributed by atoms with Gasteiger partial charge in [-0.3, -0.25) is 9.59 Å². The lowest BCUT2D eigenvalue weighted by molar-refractivity contribution is -0.125. The Bertz CT molecular complexity index is 591. The first kappa shape index (κ1) is 14.5. The van der Waals surface area contributed by atoms with Crippen molar-refractivity contribution in [1.29, 1.82) is 0 Å². The highest BCUT2D eigenvalue weighted by Crippen LogP contribution is 2.63. The maximum atomic E-state index is 12.8. The van der Waals surface area contributed by atoms with Crippen LogP contribution in [0.5, 0.6) is 0 Å². The van der Waals surface area contributed by atoms with Crippen molar-refractivity contribution in [2.45, 2.75) is 47.0 Å². The molecular weight excluding hydrogens is 260 g/mol. The van der Waals surface area contributed by atoms with E-state index in [9.17, 15) is 9.59 Å². The molecule has 2 heteroatoms. The second-order valence-corrected chi connectivity index (χ2v) is 7.75. The van der Waals surface area contributed by atoms with Crippen LogP contribution in [0.3, 0.4) is 0 Å². The highest BCUT2D eigenvalue weighted by Gasteiger charge is 2.62. The van der Waals surface area contributed by atoms with Gasteiger partial charge in [-0.25, -0.2) is 0 Å². The van der Waals surface area contributed by atoms with Gasteiger partial charge in [0.25, 0.3) is 0 Å². The SMILES string of the molecule is CC1(C(=O)/C=C2/C(C)(C)[C@@H]3CC[C@@]2(C)C3=O)C=CCC=C1. The fraction of sp³-hybridized carbons (Fsp3) is 0.579. The third kappa shape index (κ3) is 1.84. The maximum absolute atomic E-state index is 12.8. The zero-order chi connectivity index (χ0) is 15.5. The van der Waals surface area contributed by atoms with E-state index in [1.807, 2.05) is 38.2 Å². The second-order valence-electron chi connectivity index (χ2n) is 7.75. The van der Waals surface area contributed by atoms with E-state index in [0.29, 0.717) is 5.78 Å². The number of hydrogen-bond acceptors (Lipinski definition) is 2. The molecule has 0 aromatic carbocycles. The van der Waals surface area contributed by atoms with Crippen LogP contribution >= 0.6 is 0 Å². The van der Waals surface area contributed by atoms with Crippen LogP contribution in [0.2, 0.25) is 0 Å². The Hall–Kier alpha value is -1.44. The molecule has 3 rings (SSSR count). The van der Waals surface area contributed by atoms with Gasteiger partial charge in [0, 0.05) is 11.3 Å². The van der Waals surface area contributed by atoms with E-state index < -0.39 is 10.8 Å². The van der Waals surface area contributed by atoms with Gasteiger partial charge in [-0.05, 0) is 50.2 Å². The van der Waals surface area contributed by atoms with Crippen molar-refractivity contribution >= 4 is 11.6 Å². The Balaban J connectivity index is 2.02. The van der Waals surface area contributed by atoms with Crippen LogP contribution in [0.1, 0.15) is 47.0 Å². The van der Waals surface area contributed by atoms with Crippen LogP contribution in [0, 0.1) is 22.2 Å². The van der Waals surface area contributed by atoms with Gasteiger partial charge in [0.1, 0.15) is 5.78 Å². The number of hydrogen-bond donors (Lipinski definition) is 0. The molecule has 21 heavy (non-hydrogen) atoms. The fourth-order valence-electron chi connectivity index (χ4n) is 4.48. The standard InChI is InChI=1S/C19H24O2/c1-17(2)13-8-11-19(4,16(13)21)14(17)12-15(20)18(3)9-6-5-7-10-18/h6-7,9-10,12-13H,5,8,11H2,1-4H3/b14-12-/t13-,19-/m1/s1. The summed E-state index contributed by atoms with van der Waals surface area (Å²) < 4.78 is 0. The van der Waals surface area contributed by atoms with E-state index in [4.69, 9.17) is 0 Å². The number of carbonyl (C=O) groups excluding carboxylic acids is 2. The van der Waals surface area contributed by atoms with Crippen LogP contribution in [-0.2, 0) is 9.59 Å². The molecule has 3 aliphatic rings. The molecule has 0 N–H and O–H groups in total. The van der Waals surface area contributed by atoms with Gasteiger partial charge in [-0.1, -0.05) is 38.2 Å². The lowest BCUT2D eigenvalue weighted by Crippen LogP contribution is -2.30. The average molecular weight is 284 g/mol. The van der Waals surface area contributed by atoms with Crippen LogP contribution < -0.4 is 0 Å². The Labute approximate surface area is 127 Å². The summed E-state index contributed by atoms with van der Waals surface area (Å²) in [5, 5.41) is 0. The summed E-state index contributed by atoms with van der Waals surface area (Å²) >= 11 is 0. The molecule has 2 atom stereocenters.